The number of aryl methyl sites for hydroxylation is 1. The number of hydrogen-bond acceptors (Lipinski definition) is 5. The molecule has 35 heavy (non-hydrogen) atoms. The minimum atomic E-state index is -4.67. The van der Waals surface area contributed by atoms with Crippen molar-refractivity contribution in [3.63, 3.8) is 0 Å². The number of alkyl halides is 3. The van der Waals surface area contributed by atoms with Gasteiger partial charge in [0.05, 0.1) is 12.2 Å². The van der Waals surface area contributed by atoms with E-state index in [1.165, 1.54) is 17.0 Å². The molecule has 0 spiro atoms. The van der Waals surface area contributed by atoms with E-state index in [0.717, 1.165) is 6.42 Å². The van der Waals surface area contributed by atoms with Crippen LogP contribution in [0, 0.1) is 0 Å². The highest BCUT2D eigenvalue weighted by atomic mass is 19.4. The molecule has 2 aromatic rings. The highest BCUT2D eigenvalue weighted by molar-refractivity contribution is 5.87. The van der Waals surface area contributed by atoms with Crippen LogP contribution in [-0.2, 0) is 22.2 Å². The molecule has 1 heterocycles. The lowest BCUT2D eigenvalue weighted by Gasteiger charge is -2.33. The highest BCUT2D eigenvalue weighted by Gasteiger charge is 2.35. The van der Waals surface area contributed by atoms with Crippen molar-refractivity contribution in [1.29, 1.82) is 0 Å². The first-order valence-corrected chi connectivity index (χ1v) is 11.8. The lowest BCUT2D eigenvalue weighted by molar-refractivity contribution is -0.138. The number of hydrogen-bond donors (Lipinski definition) is 1. The van der Waals surface area contributed by atoms with Crippen molar-refractivity contribution < 1.29 is 31.9 Å². The molecule has 1 aromatic heterocycles. The third-order valence-corrected chi connectivity index (χ3v) is 5.88. The molecule has 0 atom stereocenters. The molecule has 10 heteroatoms. The summed E-state index contributed by atoms with van der Waals surface area (Å²) in [6, 6.07) is 3.22. The molecular weight excluding hydrogens is 465 g/mol. The molecule has 0 radical (unpaired) electrons. The summed E-state index contributed by atoms with van der Waals surface area (Å²) in [7, 11) is 0. The van der Waals surface area contributed by atoms with Gasteiger partial charge in [0.15, 0.2) is 0 Å². The fourth-order valence-corrected chi connectivity index (χ4v) is 3.86. The van der Waals surface area contributed by atoms with Crippen molar-refractivity contribution in [2.24, 2.45) is 0 Å². The van der Waals surface area contributed by atoms with Gasteiger partial charge in [-0.3, -0.25) is 9.59 Å². The first kappa shape index (κ1) is 28.2. The fraction of sp³-hybridized carbons (Fsp3) is 0.560. The second-order valence-electron chi connectivity index (χ2n) is 8.76. The highest BCUT2D eigenvalue weighted by Crippen LogP contribution is 2.37. The topological polar surface area (TPSA) is 88.9 Å². The average Bonchev–Trinajstić information content (AvgIpc) is 2.79. The minimum absolute atomic E-state index is 0.0917. The molecule has 194 valence electrons. The predicted molar refractivity (Wildman–Crippen MR) is 126 cm³/mol. The molecule has 7 nitrogen and oxygen atoms in total. The Labute approximate surface area is 202 Å². The maximum Gasteiger partial charge on any atom is 0.417 e. The number of unbranched alkanes of at least 4 members (excludes halogenated alkanes) is 2. The second-order valence-corrected chi connectivity index (χ2v) is 8.76. The van der Waals surface area contributed by atoms with E-state index in [1.54, 1.807) is 20.8 Å². The lowest BCUT2D eigenvalue weighted by atomic mass is 10.0. The van der Waals surface area contributed by atoms with Crippen LogP contribution in [0.25, 0.3) is 11.0 Å². The van der Waals surface area contributed by atoms with Crippen molar-refractivity contribution in [3.8, 4) is 5.75 Å². The second kappa shape index (κ2) is 12.1. The molecule has 1 N–H and O–H groups in total. The van der Waals surface area contributed by atoms with E-state index in [4.69, 9.17) is 9.15 Å². The molecule has 0 saturated heterocycles. The van der Waals surface area contributed by atoms with Crippen LogP contribution in [-0.4, -0.2) is 42.5 Å². The minimum Gasteiger partial charge on any atom is -0.493 e. The van der Waals surface area contributed by atoms with E-state index in [1.807, 2.05) is 6.92 Å². The molecule has 0 saturated carbocycles. The number of halogens is 3. The van der Waals surface area contributed by atoms with Gasteiger partial charge in [-0.15, -0.1) is 0 Å². The quantitative estimate of drug-likeness (QED) is 0.246. The molecule has 0 bridgehead atoms. The Morgan fingerprint density at radius 3 is 2.49 bits per heavy atom. The molecular formula is C25H33F3N2O5. The Kier molecular flexibility index (Phi) is 9.73. The van der Waals surface area contributed by atoms with Crippen LogP contribution in [0.15, 0.2) is 27.4 Å². The number of carbonyl (C=O) groups excluding carboxylic acids is 2. The summed E-state index contributed by atoms with van der Waals surface area (Å²) in [5.74, 6) is 0.160. The Hall–Kier alpha value is -3.04. The van der Waals surface area contributed by atoms with Crippen molar-refractivity contribution >= 4 is 23.3 Å². The molecule has 0 aliphatic heterocycles. The summed E-state index contributed by atoms with van der Waals surface area (Å²) in [5, 5.41) is 2.67. The number of nitrogens with one attached hydrogen (secondary N) is 1. The first-order chi connectivity index (χ1) is 16.5. The molecule has 2 rings (SSSR count). The van der Waals surface area contributed by atoms with Crippen LogP contribution in [0.5, 0.6) is 5.75 Å². The van der Waals surface area contributed by atoms with Gasteiger partial charge in [-0.05, 0) is 58.6 Å². The van der Waals surface area contributed by atoms with Gasteiger partial charge in [0.25, 0.3) is 0 Å². The Bertz CT molecular complexity index is 1080. The number of ether oxygens (including phenoxy) is 1. The third kappa shape index (κ3) is 6.99. The average molecular weight is 499 g/mol. The van der Waals surface area contributed by atoms with Crippen LogP contribution in [0.3, 0.4) is 0 Å². The number of amides is 2. The van der Waals surface area contributed by atoms with Gasteiger partial charge in [-0.25, -0.2) is 4.79 Å². The van der Waals surface area contributed by atoms with E-state index < -0.39 is 22.9 Å². The summed E-state index contributed by atoms with van der Waals surface area (Å²) in [4.78, 5) is 36.7. The molecule has 0 aliphatic carbocycles. The number of nitrogens with zero attached hydrogens (tertiary/aromatic N) is 1. The normalized spacial score (nSPS) is 12.0. The number of rotatable bonds is 13. The number of fused-ring (bicyclic) bond motifs is 1. The Morgan fingerprint density at radius 1 is 1.17 bits per heavy atom. The maximum absolute atomic E-state index is 13.4. The largest absolute Gasteiger partial charge is 0.493 e. The van der Waals surface area contributed by atoms with E-state index in [9.17, 15) is 27.6 Å². The van der Waals surface area contributed by atoms with Crippen molar-refractivity contribution in [3.05, 3.63) is 39.7 Å². The van der Waals surface area contributed by atoms with Gasteiger partial charge >= 0.3 is 11.8 Å². The van der Waals surface area contributed by atoms with Gasteiger partial charge in [-0.2, -0.15) is 13.2 Å². The molecule has 0 fully saturated rings. The van der Waals surface area contributed by atoms with Crippen LogP contribution >= 0.6 is 0 Å². The third-order valence-electron chi connectivity index (χ3n) is 5.88. The fourth-order valence-electron chi connectivity index (χ4n) is 3.86. The predicted octanol–water partition coefficient (Wildman–Crippen LogP) is 4.69. The first-order valence-electron chi connectivity index (χ1n) is 11.8. The maximum atomic E-state index is 13.4. The lowest BCUT2D eigenvalue weighted by Crippen LogP contribution is -2.54. The van der Waals surface area contributed by atoms with Gasteiger partial charge in [0.2, 0.25) is 12.3 Å². The number of carbonyl (C=O) groups is 2. The van der Waals surface area contributed by atoms with E-state index >= 15 is 0 Å². The van der Waals surface area contributed by atoms with Crippen LogP contribution in [0.2, 0.25) is 0 Å². The number of likely N-dealkylation sites (N-methyl/N-ethyl adjacent to an activating group) is 1. The SMILES string of the molecule is CCCc1c(OCCCCCNC(=O)C(C)(C)N(C=O)CC)ccc2c(C(F)(F)F)cc(=O)oc12. The van der Waals surface area contributed by atoms with Gasteiger partial charge < -0.3 is 19.4 Å². The van der Waals surface area contributed by atoms with E-state index in [0.29, 0.717) is 69.2 Å². The van der Waals surface area contributed by atoms with Crippen LogP contribution in [0.1, 0.15) is 64.5 Å². The number of benzene rings is 1. The smallest absolute Gasteiger partial charge is 0.417 e. The van der Waals surface area contributed by atoms with Crippen molar-refractivity contribution in [2.75, 3.05) is 19.7 Å². The van der Waals surface area contributed by atoms with Gasteiger partial charge in [0.1, 0.15) is 16.9 Å². The summed E-state index contributed by atoms with van der Waals surface area (Å²) in [6.07, 6.45) is -0.889. The van der Waals surface area contributed by atoms with Gasteiger partial charge in [-0.1, -0.05) is 13.3 Å². The van der Waals surface area contributed by atoms with E-state index in [2.05, 4.69) is 5.32 Å². The summed E-state index contributed by atoms with van der Waals surface area (Å²) >= 11 is 0. The Balaban J connectivity index is 1.97. The summed E-state index contributed by atoms with van der Waals surface area (Å²) < 4.78 is 51.2. The molecule has 0 aliphatic rings. The molecule has 1 aromatic carbocycles. The van der Waals surface area contributed by atoms with Crippen LogP contribution < -0.4 is 15.7 Å². The molecule has 2 amide bonds. The zero-order valence-electron chi connectivity index (χ0n) is 20.6. The molecule has 0 unspecified atom stereocenters. The van der Waals surface area contributed by atoms with Crippen LogP contribution in [0.4, 0.5) is 13.2 Å². The zero-order chi connectivity index (χ0) is 26.2. The zero-order valence-corrected chi connectivity index (χ0v) is 20.6. The standard InChI is InChI=1S/C25H33F3N2O5/c1-5-10-18-20(12-11-17-19(25(26,27)28)15-21(32)35-22(17)18)34-14-9-7-8-13-29-23(33)24(3,4)30(6-2)16-31/h11-12,15-16H,5-10,13-14H2,1-4H3,(H,29,33). The van der Waals surface area contributed by atoms with Crippen molar-refractivity contribution in [2.45, 2.75) is 71.5 Å². The summed E-state index contributed by atoms with van der Waals surface area (Å²) in [5.41, 5.74) is -2.66. The Morgan fingerprint density at radius 2 is 1.89 bits per heavy atom. The van der Waals surface area contributed by atoms with Crippen molar-refractivity contribution in [1.82, 2.24) is 10.2 Å². The van der Waals surface area contributed by atoms with E-state index in [-0.39, 0.29) is 16.9 Å². The monoisotopic (exact) mass is 498 g/mol. The summed E-state index contributed by atoms with van der Waals surface area (Å²) in [6.45, 7) is 8.24. The van der Waals surface area contributed by atoms with Gasteiger partial charge in [0, 0.05) is 30.1 Å².